The summed E-state index contributed by atoms with van der Waals surface area (Å²) in [6.45, 7) is 14.9. The molecule has 5 nitrogen and oxygen atoms in total. The summed E-state index contributed by atoms with van der Waals surface area (Å²) in [6.07, 6.45) is 12.1. The Hall–Kier alpha value is -4.27. The summed E-state index contributed by atoms with van der Waals surface area (Å²) < 4.78 is 41.3. The molecule has 2 aliphatic rings. The molecule has 0 saturated carbocycles. The molecule has 2 N–H and O–H groups in total. The molecule has 0 radical (unpaired) electrons. The van der Waals surface area contributed by atoms with Gasteiger partial charge in [0.1, 0.15) is 0 Å². The van der Waals surface area contributed by atoms with Crippen LogP contribution < -0.4 is 10.6 Å². The molecule has 0 unspecified atom stereocenters. The van der Waals surface area contributed by atoms with E-state index in [4.69, 9.17) is 4.74 Å². The summed E-state index contributed by atoms with van der Waals surface area (Å²) in [6, 6.07) is 28.5. The maximum atomic E-state index is 10.4. The van der Waals surface area contributed by atoms with Crippen molar-refractivity contribution in [2.75, 3.05) is 33.3 Å². The number of nitrogens with zero attached hydrogens (tertiary/aromatic N) is 2. The lowest BCUT2D eigenvalue weighted by Crippen LogP contribution is -2.26. The van der Waals surface area contributed by atoms with Gasteiger partial charge in [0.05, 0.1) is 12.9 Å². The molecule has 298 valence electrons. The monoisotopic (exact) mass is 756 g/mol. The Morgan fingerprint density at radius 2 is 1.20 bits per heavy atom. The van der Waals surface area contributed by atoms with E-state index in [1.54, 1.807) is 12.7 Å². The van der Waals surface area contributed by atoms with Crippen molar-refractivity contribution in [2.45, 2.75) is 104 Å². The van der Waals surface area contributed by atoms with Crippen LogP contribution in [-0.2, 0) is 17.8 Å². The summed E-state index contributed by atoms with van der Waals surface area (Å²) in [5, 5.41) is 9.83. The number of benzene rings is 3. The Morgan fingerprint density at radius 3 is 1.69 bits per heavy atom. The summed E-state index contributed by atoms with van der Waals surface area (Å²) in [4.78, 5) is 0. The molecule has 2 aromatic heterocycles. The van der Waals surface area contributed by atoms with Gasteiger partial charge in [-0.25, -0.2) is 0 Å². The minimum absolute atomic E-state index is 0.188. The van der Waals surface area contributed by atoms with Gasteiger partial charge in [-0.05, 0) is 119 Å². The van der Waals surface area contributed by atoms with Crippen LogP contribution >= 0.6 is 0 Å². The van der Waals surface area contributed by atoms with Crippen LogP contribution in [0, 0.1) is 0 Å². The number of allylic oxidation sites excluding steroid dienone is 3. The number of hydrogen-bond donors (Lipinski definition) is 2. The van der Waals surface area contributed by atoms with Crippen molar-refractivity contribution in [3.63, 3.8) is 0 Å². The number of methoxy groups -OCH3 is 1. The van der Waals surface area contributed by atoms with Gasteiger partial charge in [-0.3, -0.25) is 0 Å². The molecule has 2 aliphatic heterocycles. The van der Waals surface area contributed by atoms with Gasteiger partial charge < -0.3 is 24.5 Å². The molecule has 55 heavy (non-hydrogen) atoms. The second kappa shape index (κ2) is 22.3. The van der Waals surface area contributed by atoms with Gasteiger partial charge in [0, 0.05) is 60.6 Å². The van der Waals surface area contributed by atoms with Crippen molar-refractivity contribution in [3.05, 3.63) is 131 Å². The molecule has 0 amide bonds. The fourth-order valence-electron chi connectivity index (χ4n) is 7.65. The number of piperidine rings is 2. The van der Waals surface area contributed by atoms with Crippen LogP contribution in [0.5, 0.6) is 0 Å². The number of aryl methyl sites for hydroxylation is 1. The van der Waals surface area contributed by atoms with Crippen molar-refractivity contribution in [2.24, 2.45) is 0 Å². The van der Waals surface area contributed by atoms with Crippen LogP contribution in [0.25, 0.3) is 21.8 Å². The third-order valence-electron chi connectivity index (χ3n) is 10.3. The molecule has 8 heteroatoms. The third-order valence-corrected chi connectivity index (χ3v) is 10.3. The molecule has 0 atom stereocenters. The molecule has 2 saturated heterocycles. The number of hydrogen-bond acceptors (Lipinski definition) is 3. The fraction of sp³-hybridized carbons (Fsp3) is 0.447. The molecule has 0 aliphatic carbocycles. The van der Waals surface area contributed by atoms with E-state index >= 15 is 0 Å². The Kier molecular flexibility index (Phi) is 17.6. The number of para-hydroxylation sites is 2. The predicted octanol–water partition coefficient (Wildman–Crippen LogP) is 12.1. The lowest BCUT2D eigenvalue weighted by molar-refractivity contribution is -0.110. The molecule has 4 heterocycles. The SMILES string of the molecule is C/C=C(\C/C(C)=C\CCn1cc(C2CCNCC2)c2ccccc21)OC.CC.CC(F)(F)F.c1ccc(Cn2cc(C3CCNCC3)c3ccccc32)cc1. The first-order valence-electron chi connectivity index (χ1n) is 20.2. The molecule has 5 aromatic rings. The summed E-state index contributed by atoms with van der Waals surface area (Å²) >= 11 is 0. The normalized spacial score (nSPS) is 15.7. The highest BCUT2D eigenvalue weighted by Crippen LogP contribution is 2.34. The zero-order chi connectivity index (χ0) is 39.6. The van der Waals surface area contributed by atoms with Gasteiger partial charge in [-0.1, -0.05) is 92.2 Å². The molecular formula is C47H63F3N4O. The van der Waals surface area contributed by atoms with Crippen molar-refractivity contribution >= 4 is 21.8 Å². The Morgan fingerprint density at radius 1 is 0.745 bits per heavy atom. The van der Waals surface area contributed by atoms with E-state index in [1.165, 1.54) is 64.2 Å². The lowest BCUT2D eigenvalue weighted by atomic mass is 9.90. The molecule has 7 rings (SSSR count). The number of alkyl halides is 3. The third kappa shape index (κ3) is 13.5. The van der Waals surface area contributed by atoms with Gasteiger partial charge in [0.25, 0.3) is 0 Å². The largest absolute Gasteiger partial charge is 0.501 e. The van der Waals surface area contributed by atoms with Crippen LogP contribution in [0.3, 0.4) is 0 Å². The van der Waals surface area contributed by atoms with Crippen LogP contribution in [0.4, 0.5) is 13.2 Å². The van der Waals surface area contributed by atoms with Gasteiger partial charge in [0.15, 0.2) is 0 Å². The lowest BCUT2D eigenvalue weighted by Gasteiger charge is -2.22. The average molecular weight is 757 g/mol. The average Bonchev–Trinajstić information content (AvgIpc) is 3.77. The minimum atomic E-state index is -4.00. The number of halogens is 3. The Balaban J connectivity index is 0.000000211. The van der Waals surface area contributed by atoms with Crippen LogP contribution in [0.1, 0.15) is 102 Å². The number of ether oxygens (including phenoxy) is 1. The van der Waals surface area contributed by atoms with E-state index in [0.717, 1.165) is 57.9 Å². The van der Waals surface area contributed by atoms with Crippen LogP contribution in [0.2, 0.25) is 0 Å². The highest BCUT2D eigenvalue weighted by molar-refractivity contribution is 5.85. The molecule has 0 spiro atoms. The van der Waals surface area contributed by atoms with E-state index in [0.29, 0.717) is 11.8 Å². The Bertz CT molecular complexity index is 1900. The first-order chi connectivity index (χ1) is 26.6. The van der Waals surface area contributed by atoms with Crippen molar-refractivity contribution in [3.8, 4) is 0 Å². The summed E-state index contributed by atoms with van der Waals surface area (Å²) in [7, 11) is 1.75. The number of aromatic nitrogens is 2. The van der Waals surface area contributed by atoms with E-state index in [1.807, 2.05) is 26.8 Å². The number of nitrogens with one attached hydrogen (secondary N) is 2. The zero-order valence-electron chi connectivity index (χ0n) is 33.9. The molecule has 2 fully saturated rings. The number of fused-ring (bicyclic) bond motifs is 2. The van der Waals surface area contributed by atoms with Gasteiger partial charge in [0.2, 0.25) is 0 Å². The van der Waals surface area contributed by atoms with Crippen LogP contribution in [-0.4, -0.2) is 48.6 Å². The smallest absolute Gasteiger partial charge is 0.386 e. The summed E-state index contributed by atoms with van der Waals surface area (Å²) in [5.41, 5.74) is 8.54. The van der Waals surface area contributed by atoms with Gasteiger partial charge >= 0.3 is 6.18 Å². The molecule has 3 aromatic carbocycles. The standard InChI is InChI=1S/C23H32N2O.C20H22N2.C2H3F3.C2H6/c1-4-20(26-3)16-18(2)8-7-15-25-17-22(19-11-13-24-14-12-19)21-9-5-6-10-23(21)25;1-2-6-16(7-3-1)14-22-15-19(17-10-12-21-13-11-17)18-8-4-5-9-20(18)22;1-2(3,4)5;1-2/h4-6,8-10,17,19,24H,7,11-16H2,1-3H3;1-9,15,17,21H,10-14H2;1H3;1-2H3/b18-8-,20-4+;;;. The number of rotatable bonds is 10. The first-order valence-corrected chi connectivity index (χ1v) is 20.2. The molecular weight excluding hydrogens is 694 g/mol. The van der Waals surface area contributed by atoms with Gasteiger partial charge in [-0.15, -0.1) is 0 Å². The Labute approximate surface area is 327 Å². The van der Waals surface area contributed by atoms with Crippen LogP contribution in [0.15, 0.2) is 115 Å². The van der Waals surface area contributed by atoms with E-state index in [9.17, 15) is 13.2 Å². The second-order valence-corrected chi connectivity index (χ2v) is 14.3. The van der Waals surface area contributed by atoms with Crippen molar-refractivity contribution < 1.29 is 17.9 Å². The van der Waals surface area contributed by atoms with E-state index in [2.05, 4.69) is 124 Å². The highest BCUT2D eigenvalue weighted by Gasteiger charge is 2.21. The maximum Gasteiger partial charge on any atom is 0.386 e. The quantitative estimate of drug-likeness (QED) is 0.110. The van der Waals surface area contributed by atoms with Crippen molar-refractivity contribution in [1.82, 2.24) is 19.8 Å². The minimum Gasteiger partial charge on any atom is -0.501 e. The first kappa shape index (κ1) is 43.5. The highest BCUT2D eigenvalue weighted by atomic mass is 19.4. The molecule has 0 bridgehead atoms. The van der Waals surface area contributed by atoms with Crippen molar-refractivity contribution in [1.29, 1.82) is 0 Å². The topological polar surface area (TPSA) is 43.1 Å². The fourth-order valence-corrected chi connectivity index (χ4v) is 7.65. The predicted molar refractivity (Wildman–Crippen MR) is 226 cm³/mol. The van der Waals surface area contributed by atoms with Gasteiger partial charge in [-0.2, -0.15) is 13.2 Å². The maximum absolute atomic E-state index is 10.4. The van der Waals surface area contributed by atoms with E-state index in [-0.39, 0.29) is 6.92 Å². The van der Waals surface area contributed by atoms with E-state index < -0.39 is 6.18 Å². The zero-order valence-corrected chi connectivity index (χ0v) is 33.9. The summed E-state index contributed by atoms with van der Waals surface area (Å²) in [5.74, 6) is 2.43. The second-order valence-electron chi connectivity index (χ2n) is 14.3.